The van der Waals surface area contributed by atoms with Gasteiger partial charge in [0.1, 0.15) is 0 Å². The van der Waals surface area contributed by atoms with Crippen LogP contribution in [0.4, 0.5) is 5.69 Å². The normalized spacial score (nSPS) is 16.0. The molecule has 0 spiro atoms. The lowest BCUT2D eigenvalue weighted by Crippen LogP contribution is -2.22. The van der Waals surface area contributed by atoms with Crippen molar-refractivity contribution in [2.75, 3.05) is 19.0 Å². The van der Waals surface area contributed by atoms with Crippen molar-refractivity contribution in [1.29, 1.82) is 0 Å². The van der Waals surface area contributed by atoms with E-state index >= 15 is 0 Å². The molecule has 4 heteroatoms. The minimum atomic E-state index is -0.0218. The van der Waals surface area contributed by atoms with Gasteiger partial charge in [-0.3, -0.25) is 4.98 Å². The maximum Gasteiger partial charge on any atom is 0.0984 e. The Hall–Kier alpha value is -2.72. The number of nitrogens with zero attached hydrogens (tertiary/aromatic N) is 3. The van der Waals surface area contributed by atoms with Gasteiger partial charge in [-0.2, -0.15) is 0 Å². The van der Waals surface area contributed by atoms with E-state index in [1.807, 2.05) is 12.4 Å². The van der Waals surface area contributed by atoms with Gasteiger partial charge in [-0.15, -0.1) is 11.3 Å². The van der Waals surface area contributed by atoms with Gasteiger partial charge in [0.05, 0.1) is 10.7 Å². The van der Waals surface area contributed by atoms with Crippen LogP contribution in [0.3, 0.4) is 0 Å². The van der Waals surface area contributed by atoms with Crippen LogP contribution in [0.25, 0.3) is 22.0 Å². The molecule has 0 saturated carbocycles. The summed E-state index contributed by atoms with van der Waals surface area (Å²) in [6, 6.07) is 13.8. The molecule has 0 aliphatic heterocycles. The number of hydrogen-bond donors (Lipinski definition) is 0. The summed E-state index contributed by atoms with van der Waals surface area (Å²) in [5.41, 5.74) is 8.23. The van der Waals surface area contributed by atoms with Crippen molar-refractivity contribution < 1.29 is 0 Å². The molecule has 5 rings (SSSR count). The highest BCUT2D eigenvalue weighted by Crippen LogP contribution is 2.41. The molecular weight excluding hydrogens is 446 g/mol. The Morgan fingerprint density at radius 3 is 2.40 bits per heavy atom. The van der Waals surface area contributed by atoms with Crippen molar-refractivity contribution in [1.82, 2.24) is 9.97 Å². The zero-order valence-electron chi connectivity index (χ0n) is 22.1. The molecule has 2 aromatic heterocycles. The second-order valence-electron chi connectivity index (χ2n) is 12.1. The molecule has 0 saturated heterocycles. The van der Waals surface area contributed by atoms with Crippen LogP contribution in [0.5, 0.6) is 0 Å². The molecule has 0 N–H and O–H groups in total. The average molecular weight is 484 g/mol. The minimum Gasteiger partial charge on any atom is -0.377 e. The lowest BCUT2D eigenvalue weighted by Gasteiger charge is -2.27. The van der Waals surface area contributed by atoms with Crippen LogP contribution in [0.1, 0.15) is 56.3 Å². The molecular formula is C31H37N3S. The fourth-order valence-corrected chi connectivity index (χ4v) is 6.34. The van der Waals surface area contributed by atoms with Crippen LogP contribution in [-0.2, 0) is 24.7 Å². The van der Waals surface area contributed by atoms with Gasteiger partial charge in [-0.1, -0.05) is 58.9 Å². The van der Waals surface area contributed by atoms with Crippen molar-refractivity contribution in [2.24, 2.45) is 11.3 Å². The highest BCUT2D eigenvalue weighted by atomic mass is 32.1. The van der Waals surface area contributed by atoms with Crippen LogP contribution in [0.2, 0.25) is 0 Å². The number of thiazole rings is 1. The van der Waals surface area contributed by atoms with E-state index in [1.165, 1.54) is 56.6 Å². The zero-order valence-corrected chi connectivity index (χ0v) is 23.0. The Bertz CT molecular complexity index is 1360. The summed E-state index contributed by atoms with van der Waals surface area (Å²) in [6.45, 7) is 11.7. The molecule has 0 amide bonds. The first-order chi connectivity index (χ1) is 16.5. The van der Waals surface area contributed by atoms with Gasteiger partial charge in [-0.25, -0.2) is 4.98 Å². The lowest BCUT2D eigenvalue weighted by atomic mass is 9.79. The van der Waals surface area contributed by atoms with Gasteiger partial charge >= 0.3 is 0 Å². The average Bonchev–Trinajstić information content (AvgIpc) is 3.48. The second-order valence-corrected chi connectivity index (χ2v) is 13.0. The quantitative estimate of drug-likeness (QED) is 0.291. The lowest BCUT2D eigenvalue weighted by molar-refractivity contribution is 0.251. The highest BCUT2D eigenvalue weighted by molar-refractivity contribution is 7.09. The van der Waals surface area contributed by atoms with E-state index in [2.05, 4.69) is 100 Å². The second kappa shape index (κ2) is 8.74. The van der Waals surface area contributed by atoms with E-state index in [9.17, 15) is 0 Å². The van der Waals surface area contributed by atoms with Crippen molar-refractivity contribution in [2.45, 2.75) is 59.3 Å². The Morgan fingerprint density at radius 2 is 1.71 bits per heavy atom. The molecule has 35 heavy (non-hydrogen) atoms. The summed E-state index contributed by atoms with van der Waals surface area (Å²) in [5, 5.41) is 5.70. The smallest absolute Gasteiger partial charge is 0.0984 e. The first kappa shape index (κ1) is 24.0. The molecule has 2 aromatic carbocycles. The van der Waals surface area contributed by atoms with E-state index in [4.69, 9.17) is 4.98 Å². The largest absolute Gasteiger partial charge is 0.377 e. The monoisotopic (exact) mass is 483 g/mol. The first-order valence-electron chi connectivity index (χ1n) is 12.6. The molecule has 182 valence electrons. The van der Waals surface area contributed by atoms with Gasteiger partial charge < -0.3 is 4.90 Å². The summed E-state index contributed by atoms with van der Waals surface area (Å²) in [7, 11) is 4.30. The summed E-state index contributed by atoms with van der Waals surface area (Å²) < 4.78 is 0. The molecule has 1 atom stereocenters. The Morgan fingerprint density at radius 1 is 0.943 bits per heavy atom. The van der Waals surface area contributed by atoms with Crippen molar-refractivity contribution in [3.05, 3.63) is 75.9 Å². The standard InChI is InChI=1S/C31H37N3S/c1-30(2,3)25-15-20-8-9-21(14-24(20)16-25)27-17-26-23(19-33-27)11-10-22(28(26)34(6)7)18-31(4,5)29-32-12-13-35-29/h8-14,17,19,25H,15-16,18H2,1-7H3. The van der Waals surface area contributed by atoms with Crippen molar-refractivity contribution >= 4 is 27.8 Å². The van der Waals surface area contributed by atoms with Crippen LogP contribution >= 0.6 is 11.3 Å². The topological polar surface area (TPSA) is 29.0 Å². The predicted octanol–water partition coefficient (Wildman–Crippen LogP) is 7.71. The van der Waals surface area contributed by atoms with Gasteiger partial charge in [0.25, 0.3) is 0 Å². The molecule has 0 bridgehead atoms. The van der Waals surface area contributed by atoms with E-state index in [0.717, 1.165) is 12.1 Å². The van der Waals surface area contributed by atoms with E-state index in [-0.39, 0.29) is 5.41 Å². The van der Waals surface area contributed by atoms with Crippen molar-refractivity contribution in [3.8, 4) is 11.3 Å². The van der Waals surface area contributed by atoms with Crippen LogP contribution in [0, 0.1) is 11.3 Å². The van der Waals surface area contributed by atoms with E-state index in [0.29, 0.717) is 11.3 Å². The predicted molar refractivity (Wildman–Crippen MR) is 151 cm³/mol. The van der Waals surface area contributed by atoms with Crippen LogP contribution in [-0.4, -0.2) is 24.1 Å². The van der Waals surface area contributed by atoms with Gasteiger partial charge in [0.2, 0.25) is 0 Å². The van der Waals surface area contributed by atoms with Gasteiger partial charge in [0.15, 0.2) is 0 Å². The molecule has 3 nitrogen and oxygen atoms in total. The maximum atomic E-state index is 4.89. The maximum absolute atomic E-state index is 4.89. The Kier molecular flexibility index (Phi) is 5.99. The number of hydrogen-bond acceptors (Lipinski definition) is 4. The fraction of sp³-hybridized carbons (Fsp3) is 0.419. The number of fused-ring (bicyclic) bond motifs is 2. The summed E-state index contributed by atoms with van der Waals surface area (Å²) in [6.07, 6.45) is 7.24. The third-order valence-corrected chi connectivity index (χ3v) is 8.85. The summed E-state index contributed by atoms with van der Waals surface area (Å²) in [4.78, 5) is 11.8. The Labute approximate surface area is 214 Å². The summed E-state index contributed by atoms with van der Waals surface area (Å²) in [5.74, 6) is 0.710. The molecule has 1 unspecified atom stereocenters. The SMILES string of the molecule is CN(C)c1c(CC(C)(C)c2nccs2)ccc2cnc(-c3ccc4c(c3)CC(C(C)(C)C)C4)cc12. The number of rotatable bonds is 5. The molecule has 0 radical (unpaired) electrons. The molecule has 1 aliphatic carbocycles. The third-order valence-electron chi connectivity index (χ3n) is 7.71. The number of pyridine rings is 1. The van der Waals surface area contributed by atoms with Crippen LogP contribution < -0.4 is 4.90 Å². The van der Waals surface area contributed by atoms with Gasteiger partial charge in [0, 0.05) is 59.3 Å². The Balaban J connectivity index is 1.55. The minimum absolute atomic E-state index is 0.0218. The summed E-state index contributed by atoms with van der Waals surface area (Å²) >= 11 is 1.74. The fourth-order valence-electron chi connectivity index (χ4n) is 5.57. The molecule has 4 aromatic rings. The van der Waals surface area contributed by atoms with E-state index in [1.54, 1.807) is 11.3 Å². The first-order valence-corrected chi connectivity index (χ1v) is 13.5. The molecule has 2 heterocycles. The number of aromatic nitrogens is 2. The highest BCUT2D eigenvalue weighted by Gasteiger charge is 2.31. The van der Waals surface area contributed by atoms with Crippen LogP contribution in [0.15, 0.2) is 54.2 Å². The zero-order chi connectivity index (χ0) is 25.0. The van der Waals surface area contributed by atoms with Gasteiger partial charge in [-0.05, 0) is 59.4 Å². The molecule has 0 fully saturated rings. The molecule has 1 aliphatic rings. The number of anilines is 1. The number of benzene rings is 2. The third kappa shape index (κ3) is 4.61. The van der Waals surface area contributed by atoms with Crippen molar-refractivity contribution in [3.63, 3.8) is 0 Å². The van der Waals surface area contributed by atoms with E-state index < -0.39 is 0 Å².